The van der Waals surface area contributed by atoms with Crippen LogP contribution >= 0.6 is 11.6 Å². The van der Waals surface area contributed by atoms with Gasteiger partial charge in [-0.3, -0.25) is 14.1 Å². The van der Waals surface area contributed by atoms with Gasteiger partial charge in [0.05, 0.1) is 18.5 Å². The van der Waals surface area contributed by atoms with Crippen molar-refractivity contribution in [2.24, 2.45) is 0 Å². The number of nitrogens with zero attached hydrogens (tertiary/aromatic N) is 2. The molecule has 8 heteroatoms. The van der Waals surface area contributed by atoms with Gasteiger partial charge < -0.3 is 5.32 Å². The molecule has 1 N–H and O–H groups in total. The van der Waals surface area contributed by atoms with E-state index in [-0.39, 0.29) is 12.5 Å². The van der Waals surface area contributed by atoms with Crippen LogP contribution < -0.4 is 9.62 Å². The average Bonchev–Trinajstić information content (AvgIpc) is 2.85. The standard InChI is InChI=1S/C27H24ClN3O3S/c1-35(33,34)31(19-23-4-2-3-5-26(23)28)25-12-8-22(9-13-25)27(32)30-24-10-6-20(7-11-24)18-21-14-16-29-17-15-21/h2-17H,18-19H2,1H3,(H,30,32). The monoisotopic (exact) mass is 505 g/mol. The summed E-state index contributed by atoms with van der Waals surface area (Å²) >= 11 is 6.22. The summed E-state index contributed by atoms with van der Waals surface area (Å²) < 4.78 is 26.2. The highest BCUT2D eigenvalue weighted by atomic mass is 35.5. The first-order chi connectivity index (χ1) is 16.8. The van der Waals surface area contributed by atoms with Crippen LogP contribution in [0.3, 0.4) is 0 Å². The van der Waals surface area contributed by atoms with E-state index in [1.54, 1.807) is 60.9 Å². The molecule has 1 aromatic heterocycles. The lowest BCUT2D eigenvalue weighted by atomic mass is 10.1. The predicted octanol–water partition coefficient (Wildman–Crippen LogP) is 5.54. The lowest BCUT2D eigenvalue weighted by Gasteiger charge is -2.23. The predicted molar refractivity (Wildman–Crippen MR) is 140 cm³/mol. The largest absolute Gasteiger partial charge is 0.322 e. The number of anilines is 2. The Morgan fingerprint density at radius 2 is 1.51 bits per heavy atom. The van der Waals surface area contributed by atoms with Crippen LogP contribution in [0.5, 0.6) is 0 Å². The molecule has 0 fully saturated rings. The fraction of sp³-hybridized carbons (Fsp3) is 0.111. The Kier molecular flexibility index (Phi) is 7.48. The van der Waals surface area contributed by atoms with Gasteiger partial charge in [0, 0.05) is 28.7 Å². The van der Waals surface area contributed by atoms with E-state index in [0.717, 1.165) is 23.8 Å². The Labute approximate surface area is 210 Å². The molecule has 0 spiro atoms. The number of sulfonamides is 1. The van der Waals surface area contributed by atoms with Crippen LogP contribution in [0.1, 0.15) is 27.0 Å². The molecule has 0 saturated carbocycles. The fourth-order valence-electron chi connectivity index (χ4n) is 3.61. The number of pyridine rings is 1. The van der Waals surface area contributed by atoms with Gasteiger partial charge in [-0.25, -0.2) is 8.42 Å². The zero-order valence-electron chi connectivity index (χ0n) is 19.1. The number of benzene rings is 3. The lowest BCUT2D eigenvalue weighted by Crippen LogP contribution is -2.29. The summed E-state index contributed by atoms with van der Waals surface area (Å²) in [6.07, 6.45) is 5.45. The van der Waals surface area contributed by atoms with Crippen LogP contribution in [0.2, 0.25) is 5.02 Å². The summed E-state index contributed by atoms with van der Waals surface area (Å²) in [5, 5.41) is 3.37. The molecule has 4 rings (SSSR count). The first kappa shape index (κ1) is 24.4. The Bertz CT molecular complexity index is 1410. The molecule has 178 valence electrons. The number of hydrogen-bond donors (Lipinski definition) is 1. The van der Waals surface area contributed by atoms with Crippen molar-refractivity contribution in [2.75, 3.05) is 15.9 Å². The molecule has 1 heterocycles. The third-order valence-electron chi connectivity index (χ3n) is 5.46. The number of nitrogens with one attached hydrogen (secondary N) is 1. The van der Waals surface area contributed by atoms with E-state index in [0.29, 0.717) is 27.5 Å². The van der Waals surface area contributed by atoms with Gasteiger partial charge in [0.15, 0.2) is 0 Å². The Morgan fingerprint density at radius 3 is 2.14 bits per heavy atom. The highest BCUT2D eigenvalue weighted by Gasteiger charge is 2.19. The molecule has 0 saturated heterocycles. The highest BCUT2D eigenvalue weighted by Crippen LogP contribution is 2.25. The normalized spacial score (nSPS) is 11.1. The van der Waals surface area contributed by atoms with Crippen molar-refractivity contribution in [2.45, 2.75) is 13.0 Å². The van der Waals surface area contributed by atoms with Crippen molar-refractivity contribution in [3.05, 3.63) is 125 Å². The summed E-state index contributed by atoms with van der Waals surface area (Å²) in [5.41, 5.74) is 4.51. The minimum absolute atomic E-state index is 0.0931. The molecule has 4 aromatic rings. The van der Waals surface area contributed by atoms with Gasteiger partial charge in [-0.05, 0) is 77.7 Å². The van der Waals surface area contributed by atoms with Crippen LogP contribution in [0.15, 0.2) is 97.3 Å². The smallest absolute Gasteiger partial charge is 0.255 e. The van der Waals surface area contributed by atoms with E-state index < -0.39 is 10.0 Å². The van der Waals surface area contributed by atoms with Crippen molar-refractivity contribution in [3.8, 4) is 0 Å². The third-order valence-corrected chi connectivity index (χ3v) is 6.97. The molecule has 6 nitrogen and oxygen atoms in total. The summed E-state index contributed by atoms with van der Waals surface area (Å²) in [6.45, 7) is 0.0931. The van der Waals surface area contributed by atoms with Gasteiger partial charge in [0.25, 0.3) is 5.91 Å². The van der Waals surface area contributed by atoms with Gasteiger partial charge >= 0.3 is 0 Å². The Morgan fingerprint density at radius 1 is 0.886 bits per heavy atom. The summed E-state index contributed by atoms with van der Waals surface area (Å²) in [5.74, 6) is -0.282. The van der Waals surface area contributed by atoms with Crippen LogP contribution in [-0.4, -0.2) is 25.6 Å². The minimum atomic E-state index is -3.57. The van der Waals surface area contributed by atoms with Crippen LogP contribution in [0.4, 0.5) is 11.4 Å². The van der Waals surface area contributed by atoms with Crippen LogP contribution in [-0.2, 0) is 23.0 Å². The molecule has 3 aromatic carbocycles. The zero-order chi connectivity index (χ0) is 24.8. The average molecular weight is 506 g/mol. The molecule has 0 bridgehead atoms. The number of carbonyl (C=O) groups is 1. The van der Waals surface area contributed by atoms with Crippen LogP contribution in [0.25, 0.3) is 0 Å². The second-order valence-electron chi connectivity index (χ2n) is 8.09. The van der Waals surface area contributed by atoms with Gasteiger partial charge in [-0.2, -0.15) is 0 Å². The molecule has 0 aliphatic heterocycles. The van der Waals surface area contributed by atoms with E-state index in [9.17, 15) is 13.2 Å². The van der Waals surface area contributed by atoms with Gasteiger partial charge in [0.2, 0.25) is 10.0 Å². The van der Waals surface area contributed by atoms with Gasteiger partial charge in [-0.1, -0.05) is 41.9 Å². The number of aromatic nitrogens is 1. The number of amides is 1. The molecule has 0 atom stereocenters. The number of rotatable bonds is 8. The molecule has 0 aliphatic carbocycles. The van der Waals surface area contributed by atoms with E-state index in [2.05, 4.69) is 10.3 Å². The molecule has 35 heavy (non-hydrogen) atoms. The molecular formula is C27H24ClN3O3S. The van der Waals surface area contributed by atoms with E-state index >= 15 is 0 Å². The SMILES string of the molecule is CS(=O)(=O)N(Cc1ccccc1Cl)c1ccc(C(=O)Nc2ccc(Cc3ccncc3)cc2)cc1. The lowest BCUT2D eigenvalue weighted by molar-refractivity contribution is 0.102. The van der Waals surface area contributed by atoms with Crippen LogP contribution in [0, 0.1) is 0 Å². The summed E-state index contributed by atoms with van der Waals surface area (Å²) in [7, 11) is -3.57. The van der Waals surface area contributed by atoms with E-state index in [1.807, 2.05) is 36.4 Å². The number of halogens is 1. The first-order valence-electron chi connectivity index (χ1n) is 10.9. The van der Waals surface area contributed by atoms with Crippen molar-refractivity contribution >= 4 is 38.9 Å². The van der Waals surface area contributed by atoms with Crippen molar-refractivity contribution in [1.29, 1.82) is 0 Å². The Balaban J connectivity index is 1.44. The van der Waals surface area contributed by atoms with E-state index in [1.165, 1.54) is 4.31 Å². The summed E-state index contributed by atoms with van der Waals surface area (Å²) in [4.78, 5) is 16.8. The van der Waals surface area contributed by atoms with Crippen molar-refractivity contribution < 1.29 is 13.2 Å². The van der Waals surface area contributed by atoms with Gasteiger partial charge in [0.1, 0.15) is 0 Å². The van der Waals surface area contributed by atoms with E-state index in [4.69, 9.17) is 11.6 Å². The van der Waals surface area contributed by atoms with Crippen molar-refractivity contribution in [1.82, 2.24) is 4.98 Å². The molecule has 0 aliphatic rings. The summed E-state index contributed by atoms with van der Waals surface area (Å²) in [6, 6.07) is 25.1. The zero-order valence-corrected chi connectivity index (χ0v) is 20.6. The quantitative estimate of drug-likeness (QED) is 0.341. The highest BCUT2D eigenvalue weighted by molar-refractivity contribution is 7.92. The molecule has 1 amide bonds. The minimum Gasteiger partial charge on any atom is -0.322 e. The third kappa shape index (κ3) is 6.47. The second kappa shape index (κ2) is 10.7. The number of carbonyl (C=O) groups excluding carboxylic acids is 1. The van der Waals surface area contributed by atoms with Crippen molar-refractivity contribution in [3.63, 3.8) is 0 Å². The maximum Gasteiger partial charge on any atom is 0.255 e. The molecule has 0 unspecified atom stereocenters. The maximum atomic E-state index is 12.7. The fourth-order valence-corrected chi connectivity index (χ4v) is 4.68. The molecular weight excluding hydrogens is 482 g/mol. The first-order valence-corrected chi connectivity index (χ1v) is 13.1. The molecule has 0 radical (unpaired) electrons. The Hall–Kier alpha value is -3.68. The second-order valence-corrected chi connectivity index (χ2v) is 10.4. The topological polar surface area (TPSA) is 79.4 Å². The maximum absolute atomic E-state index is 12.7. The van der Waals surface area contributed by atoms with Gasteiger partial charge in [-0.15, -0.1) is 0 Å². The number of hydrogen-bond acceptors (Lipinski definition) is 4.